The van der Waals surface area contributed by atoms with Crippen molar-refractivity contribution in [2.24, 2.45) is 5.92 Å². The molecule has 2 aromatic carbocycles. The highest BCUT2D eigenvalue weighted by Gasteiger charge is 2.29. The van der Waals surface area contributed by atoms with Crippen LogP contribution in [0.5, 0.6) is 0 Å². The summed E-state index contributed by atoms with van der Waals surface area (Å²) >= 11 is 0. The lowest BCUT2D eigenvalue weighted by molar-refractivity contribution is -0.120. The molecule has 20 heavy (non-hydrogen) atoms. The second kappa shape index (κ2) is 5.87. The van der Waals surface area contributed by atoms with E-state index in [4.69, 9.17) is 0 Å². The largest absolute Gasteiger partial charge is 0.299 e. The Morgan fingerprint density at radius 3 is 2.25 bits per heavy atom. The molecule has 0 aromatic heterocycles. The molecule has 1 aliphatic carbocycles. The van der Waals surface area contributed by atoms with Gasteiger partial charge in [-0.2, -0.15) is 0 Å². The first-order valence-corrected chi connectivity index (χ1v) is 7.13. The van der Waals surface area contributed by atoms with Gasteiger partial charge in [-0.1, -0.05) is 72.8 Å². The second-order valence-electron chi connectivity index (χ2n) is 5.34. The summed E-state index contributed by atoms with van der Waals surface area (Å²) in [6, 6.07) is 20.6. The number of Topliss-reactive ketones (excluding diaryl/α,β-unsaturated/α-hetero) is 1. The SMILES string of the molecule is O=C1CC=C[C@@H](Cc2ccccc2)C1c1ccccc1. The van der Waals surface area contributed by atoms with Crippen LogP contribution in [0.2, 0.25) is 0 Å². The number of allylic oxidation sites excluding steroid dienone is 2. The third-order valence-corrected chi connectivity index (χ3v) is 3.95. The van der Waals surface area contributed by atoms with Crippen LogP contribution < -0.4 is 0 Å². The number of rotatable bonds is 3. The Bertz CT molecular complexity index is 598. The summed E-state index contributed by atoms with van der Waals surface area (Å²) in [6.45, 7) is 0. The quantitative estimate of drug-likeness (QED) is 0.759. The Labute approximate surface area is 120 Å². The van der Waals surface area contributed by atoms with Gasteiger partial charge in [-0.05, 0) is 23.5 Å². The monoisotopic (exact) mass is 262 g/mol. The maximum absolute atomic E-state index is 12.3. The zero-order valence-corrected chi connectivity index (χ0v) is 11.4. The second-order valence-corrected chi connectivity index (χ2v) is 5.34. The van der Waals surface area contributed by atoms with Crippen molar-refractivity contribution in [1.29, 1.82) is 0 Å². The lowest BCUT2D eigenvalue weighted by Crippen LogP contribution is -2.25. The van der Waals surface area contributed by atoms with Crippen LogP contribution in [0.15, 0.2) is 72.8 Å². The Balaban J connectivity index is 1.89. The maximum Gasteiger partial charge on any atom is 0.144 e. The molecule has 0 spiro atoms. The van der Waals surface area contributed by atoms with E-state index in [1.165, 1.54) is 5.56 Å². The normalized spacial score (nSPS) is 21.9. The Morgan fingerprint density at radius 2 is 1.55 bits per heavy atom. The van der Waals surface area contributed by atoms with Gasteiger partial charge in [0, 0.05) is 12.3 Å². The first-order chi connectivity index (χ1) is 9.84. The van der Waals surface area contributed by atoms with Crippen LogP contribution in [0.1, 0.15) is 23.5 Å². The van der Waals surface area contributed by atoms with Gasteiger partial charge in [0.1, 0.15) is 5.78 Å². The Hall–Kier alpha value is -2.15. The molecular weight excluding hydrogens is 244 g/mol. The van der Waals surface area contributed by atoms with E-state index in [1.54, 1.807) is 0 Å². The summed E-state index contributed by atoms with van der Waals surface area (Å²) in [5.41, 5.74) is 2.43. The number of ketones is 1. The van der Waals surface area contributed by atoms with Crippen LogP contribution in [0.25, 0.3) is 0 Å². The number of hydrogen-bond acceptors (Lipinski definition) is 1. The van der Waals surface area contributed by atoms with Crippen LogP contribution in [0.3, 0.4) is 0 Å². The molecule has 2 atom stereocenters. The summed E-state index contributed by atoms with van der Waals surface area (Å²) in [6.07, 6.45) is 5.72. The van der Waals surface area contributed by atoms with Crippen LogP contribution >= 0.6 is 0 Å². The molecule has 2 aromatic rings. The average molecular weight is 262 g/mol. The van der Waals surface area contributed by atoms with Gasteiger partial charge in [0.05, 0.1) is 0 Å². The van der Waals surface area contributed by atoms with Crippen molar-refractivity contribution in [3.63, 3.8) is 0 Å². The lowest BCUT2D eigenvalue weighted by Gasteiger charge is -2.27. The van der Waals surface area contributed by atoms with Crippen molar-refractivity contribution in [2.45, 2.75) is 18.8 Å². The van der Waals surface area contributed by atoms with Crippen molar-refractivity contribution >= 4 is 5.78 Å². The van der Waals surface area contributed by atoms with Gasteiger partial charge in [-0.3, -0.25) is 4.79 Å². The molecule has 0 amide bonds. The minimum atomic E-state index is 0.00130. The zero-order chi connectivity index (χ0) is 13.8. The molecule has 1 nitrogen and oxygen atoms in total. The molecule has 1 aliphatic rings. The molecule has 0 N–H and O–H groups in total. The van der Waals surface area contributed by atoms with E-state index in [-0.39, 0.29) is 11.8 Å². The maximum atomic E-state index is 12.3. The summed E-state index contributed by atoms with van der Waals surface area (Å²) in [5.74, 6) is 0.599. The number of hydrogen-bond donors (Lipinski definition) is 0. The topological polar surface area (TPSA) is 17.1 Å². The van der Waals surface area contributed by atoms with E-state index < -0.39 is 0 Å². The Morgan fingerprint density at radius 1 is 0.900 bits per heavy atom. The summed E-state index contributed by atoms with van der Waals surface area (Å²) in [7, 11) is 0. The van der Waals surface area contributed by atoms with Crippen molar-refractivity contribution in [3.05, 3.63) is 83.9 Å². The van der Waals surface area contributed by atoms with E-state index >= 15 is 0 Å². The smallest absolute Gasteiger partial charge is 0.144 e. The molecule has 0 bridgehead atoms. The highest BCUT2D eigenvalue weighted by Crippen LogP contribution is 2.33. The summed E-state index contributed by atoms with van der Waals surface area (Å²) in [4.78, 5) is 12.3. The molecular formula is C19H18O. The van der Waals surface area contributed by atoms with E-state index in [9.17, 15) is 4.79 Å². The number of carbonyl (C=O) groups is 1. The number of carbonyl (C=O) groups excluding carboxylic acids is 1. The van der Waals surface area contributed by atoms with Crippen LogP contribution in [-0.4, -0.2) is 5.78 Å². The standard InChI is InChI=1S/C19H18O/c20-18-13-7-12-17(14-15-8-3-1-4-9-15)19(18)16-10-5-2-6-11-16/h1-12,17,19H,13-14H2/t17-,19?/m0/s1. The van der Waals surface area contributed by atoms with Gasteiger partial charge in [0.2, 0.25) is 0 Å². The van der Waals surface area contributed by atoms with Gasteiger partial charge in [-0.25, -0.2) is 0 Å². The predicted octanol–water partition coefficient (Wildman–Crippen LogP) is 4.16. The first kappa shape index (κ1) is 12.9. The third kappa shape index (κ3) is 2.72. The van der Waals surface area contributed by atoms with Crippen molar-refractivity contribution < 1.29 is 4.79 Å². The molecule has 0 heterocycles. The third-order valence-electron chi connectivity index (χ3n) is 3.95. The molecule has 0 saturated heterocycles. The van der Waals surface area contributed by atoms with Gasteiger partial charge in [0.15, 0.2) is 0 Å². The fraction of sp³-hybridized carbons (Fsp3) is 0.211. The minimum Gasteiger partial charge on any atom is -0.299 e. The van der Waals surface area contributed by atoms with E-state index in [0.29, 0.717) is 12.2 Å². The molecule has 3 rings (SSSR count). The van der Waals surface area contributed by atoms with Gasteiger partial charge < -0.3 is 0 Å². The van der Waals surface area contributed by atoms with Crippen LogP contribution in [0.4, 0.5) is 0 Å². The molecule has 0 aliphatic heterocycles. The fourth-order valence-corrected chi connectivity index (χ4v) is 3.00. The predicted molar refractivity (Wildman–Crippen MR) is 81.6 cm³/mol. The molecule has 100 valence electrons. The highest BCUT2D eigenvalue weighted by molar-refractivity contribution is 5.88. The average Bonchev–Trinajstić information content (AvgIpc) is 2.49. The van der Waals surface area contributed by atoms with E-state index in [2.05, 4.69) is 42.5 Å². The Kier molecular flexibility index (Phi) is 3.78. The van der Waals surface area contributed by atoms with Crippen molar-refractivity contribution in [2.75, 3.05) is 0 Å². The summed E-state index contributed by atoms with van der Waals surface area (Å²) < 4.78 is 0. The molecule has 1 unspecified atom stereocenters. The zero-order valence-electron chi connectivity index (χ0n) is 11.4. The summed E-state index contributed by atoms with van der Waals surface area (Å²) in [5, 5.41) is 0. The highest BCUT2D eigenvalue weighted by atomic mass is 16.1. The van der Waals surface area contributed by atoms with E-state index in [1.807, 2.05) is 30.3 Å². The van der Waals surface area contributed by atoms with Gasteiger partial charge in [0.25, 0.3) is 0 Å². The van der Waals surface area contributed by atoms with Crippen molar-refractivity contribution in [1.82, 2.24) is 0 Å². The lowest BCUT2D eigenvalue weighted by atomic mass is 9.76. The van der Waals surface area contributed by atoms with Gasteiger partial charge >= 0.3 is 0 Å². The first-order valence-electron chi connectivity index (χ1n) is 7.13. The number of benzene rings is 2. The molecule has 0 saturated carbocycles. The minimum absolute atomic E-state index is 0.00130. The fourth-order valence-electron chi connectivity index (χ4n) is 3.00. The van der Waals surface area contributed by atoms with Gasteiger partial charge in [-0.15, -0.1) is 0 Å². The van der Waals surface area contributed by atoms with E-state index in [0.717, 1.165) is 12.0 Å². The van der Waals surface area contributed by atoms with Crippen molar-refractivity contribution in [3.8, 4) is 0 Å². The van der Waals surface area contributed by atoms with Crippen LogP contribution in [0, 0.1) is 5.92 Å². The molecule has 1 heteroatoms. The molecule has 0 radical (unpaired) electrons. The molecule has 0 fully saturated rings. The van der Waals surface area contributed by atoms with Crippen LogP contribution in [-0.2, 0) is 11.2 Å².